The summed E-state index contributed by atoms with van der Waals surface area (Å²) in [7, 11) is 1.54. The maximum absolute atomic E-state index is 12.2. The van der Waals surface area contributed by atoms with Crippen LogP contribution in [0.4, 0.5) is 0 Å². The predicted molar refractivity (Wildman–Crippen MR) is 117 cm³/mol. The monoisotopic (exact) mass is 418 g/mol. The second-order valence-electron chi connectivity index (χ2n) is 6.35. The van der Waals surface area contributed by atoms with Crippen LogP contribution >= 0.6 is 0 Å². The molecule has 7 heteroatoms. The van der Waals surface area contributed by atoms with Gasteiger partial charge in [0.2, 0.25) is 0 Å². The zero-order valence-electron chi connectivity index (χ0n) is 17.2. The third kappa shape index (κ3) is 6.17. The van der Waals surface area contributed by atoms with Crippen molar-refractivity contribution in [1.82, 2.24) is 5.43 Å². The number of amides is 1. The molecule has 0 fully saturated rings. The van der Waals surface area contributed by atoms with Crippen LogP contribution in [0.3, 0.4) is 0 Å². The molecule has 0 saturated heterocycles. The quantitative estimate of drug-likeness (QED) is 0.258. The van der Waals surface area contributed by atoms with Gasteiger partial charge in [-0.05, 0) is 79.2 Å². The molecular weight excluding hydrogens is 396 g/mol. The first-order valence-electron chi connectivity index (χ1n) is 9.61. The van der Waals surface area contributed by atoms with Crippen LogP contribution < -0.4 is 19.6 Å². The van der Waals surface area contributed by atoms with Gasteiger partial charge < -0.3 is 14.2 Å². The van der Waals surface area contributed by atoms with E-state index in [-0.39, 0.29) is 5.91 Å². The van der Waals surface area contributed by atoms with E-state index in [0.717, 1.165) is 5.56 Å². The van der Waals surface area contributed by atoms with Gasteiger partial charge in [0.1, 0.15) is 17.2 Å². The summed E-state index contributed by atoms with van der Waals surface area (Å²) in [6.45, 7) is 2.45. The first kappa shape index (κ1) is 21.6. The van der Waals surface area contributed by atoms with Crippen LogP contribution in [0.1, 0.15) is 33.2 Å². The highest BCUT2D eigenvalue weighted by Gasteiger charge is 2.09. The van der Waals surface area contributed by atoms with Crippen molar-refractivity contribution in [3.8, 4) is 17.2 Å². The maximum Gasteiger partial charge on any atom is 0.343 e. The molecule has 0 aliphatic rings. The van der Waals surface area contributed by atoms with E-state index in [0.29, 0.717) is 35.0 Å². The van der Waals surface area contributed by atoms with Gasteiger partial charge in [-0.1, -0.05) is 6.07 Å². The summed E-state index contributed by atoms with van der Waals surface area (Å²) in [4.78, 5) is 24.4. The fraction of sp³-hybridized carbons (Fsp3) is 0.125. The lowest BCUT2D eigenvalue weighted by atomic mass is 10.2. The minimum Gasteiger partial charge on any atom is -0.497 e. The zero-order chi connectivity index (χ0) is 22.1. The van der Waals surface area contributed by atoms with Crippen LogP contribution in [-0.4, -0.2) is 31.8 Å². The summed E-state index contributed by atoms with van der Waals surface area (Å²) in [5.74, 6) is 0.871. The topological polar surface area (TPSA) is 86.2 Å². The number of ether oxygens (including phenoxy) is 3. The van der Waals surface area contributed by atoms with Crippen molar-refractivity contribution in [2.45, 2.75) is 6.92 Å². The molecule has 0 unspecified atom stereocenters. The van der Waals surface area contributed by atoms with Gasteiger partial charge in [0.15, 0.2) is 0 Å². The van der Waals surface area contributed by atoms with Gasteiger partial charge in [-0.15, -0.1) is 0 Å². The molecule has 0 radical (unpaired) electrons. The molecule has 0 atom stereocenters. The number of methoxy groups -OCH3 is 1. The van der Waals surface area contributed by atoms with Crippen LogP contribution in [0.2, 0.25) is 0 Å². The number of hydrogen-bond acceptors (Lipinski definition) is 6. The first-order valence-corrected chi connectivity index (χ1v) is 9.61. The van der Waals surface area contributed by atoms with E-state index in [1.54, 1.807) is 72.8 Å². The SMILES string of the molecule is CCOc1ccc(C(=O)Oc2ccc(C=NNC(=O)c3cccc(OC)c3)cc2)cc1. The Balaban J connectivity index is 1.54. The molecule has 3 aromatic rings. The molecule has 1 N–H and O–H groups in total. The predicted octanol–water partition coefficient (Wildman–Crippen LogP) is 4.08. The van der Waals surface area contributed by atoms with Crippen LogP contribution in [0.15, 0.2) is 77.9 Å². The van der Waals surface area contributed by atoms with E-state index in [4.69, 9.17) is 14.2 Å². The Morgan fingerprint density at radius 2 is 1.61 bits per heavy atom. The number of hydrogen-bond donors (Lipinski definition) is 1. The summed E-state index contributed by atoms with van der Waals surface area (Å²) in [5.41, 5.74) is 4.05. The molecule has 0 spiro atoms. The Labute approximate surface area is 180 Å². The van der Waals surface area contributed by atoms with Crippen molar-refractivity contribution in [3.63, 3.8) is 0 Å². The maximum atomic E-state index is 12.2. The van der Waals surface area contributed by atoms with Crippen molar-refractivity contribution in [2.24, 2.45) is 5.10 Å². The average Bonchev–Trinajstić information content (AvgIpc) is 2.81. The third-order valence-corrected chi connectivity index (χ3v) is 4.20. The highest BCUT2D eigenvalue weighted by Crippen LogP contribution is 2.16. The number of nitrogens with one attached hydrogen (secondary N) is 1. The van der Waals surface area contributed by atoms with Gasteiger partial charge in [0.05, 0.1) is 25.5 Å². The van der Waals surface area contributed by atoms with Gasteiger partial charge >= 0.3 is 5.97 Å². The lowest BCUT2D eigenvalue weighted by molar-refractivity contribution is 0.0734. The van der Waals surface area contributed by atoms with E-state index < -0.39 is 5.97 Å². The van der Waals surface area contributed by atoms with E-state index >= 15 is 0 Å². The van der Waals surface area contributed by atoms with Crippen molar-refractivity contribution >= 4 is 18.1 Å². The highest BCUT2D eigenvalue weighted by molar-refractivity contribution is 5.95. The zero-order valence-corrected chi connectivity index (χ0v) is 17.2. The lowest BCUT2D eigenvalue weighted by Gasteiger charge is -2.06. The standard InChI is InChI=1S/C24H22N2O5/c1-3-30-20-13-9-18(10-14-20)24(28)31-21-11-7-17(8-12-21)16-25-26-23(27)19-5-4-6-22(15-19)29-2/h4-16H,3H2,1-2H3,(H,26,27). The molecule has 3 aromatic carbocycles. The Morgan fingerprint density at radius 1 is 0.903 bits per heavy atom. The molecule has 1 amide bonds. The molecule has 0 heterocycles. The fourth-order valence-corrected chi connectivity index (χ4v) is 2.64. The number of carbonyl (C=O) groups excluding carboxylic acids is 2. The number of hydrazone groups is 1. The summed E-state index contributed by atoms with van der Waals surface area (Å²) in [6, 6.07) is 20.3. The van der Waals surface area contributed by atoms with Gasteiger partial charge in [-0.2, -0.15) is 5.10 Å². The number of esters is 1. The van der Waals surface area contributed by atoms with Crippen molar-refractivity contribution in [3.05, 3.63) is 89.5 Å². The first-order chi connectivity index (χ1) is 15.1. The number of rotatable bonds is 8. The second kappa shape index (κ2) is 10.6. The van der Waals surface area contributed by atoms with Crippen molar-refractivity contribution < 1.29 is 23.8 Å². The summed E-state index contributed by atoms with van der Waals surface area (Å²) < 4.78 is 15.8. The normalized spacial score (nSPS) is 10.5. The molecule has 158 valence electrons. The average molecular weight is 418 g/mol. The van der Waals surface area contributed by atoms with E-state index in [9.17, 15) is 9.59 Å². The minimum absolute atomic E-state index is 0.351. The number of benzene rings is 3. The molecular formula is C24H22N2O5. The largest absolute Gasteiger partial charge is 0.497 e. The van der Waals surface area contributed by atoms with Crippen LogP contribution in [-0.2, 0) is 0 Å². The molecule has 0 bridgehead atoms. The fourth-order valence-electron chi connectivity index (χ4n) is 2.64. The molecule has 0 aliphatic carbocycles. The second-order valence-corrected chi connectivity index (χ2v) is 6.35. The summed E-state index contributed by atoms with van der Waals surface area (Å²) in [5, 5.41) is 3.95. The Hall–Kier alpha value is -4.13. The Morgan fingerprint density at radius 3 is 2.29 bits per heavy atom. The van der Waals surface area contributed by atoms with Gasteiger partial charge in [0, 0.05) is 5.56 Å². The van der Waals surface area contributed by atoms with E-state index in [2.05, 4.69) is 10.5 Å². The van der Waals surface area contributed by atoms with Gasteiger partial charge in [-0.25, -0.2) is 10.2 Å². The third-order valence-electron chi connectivity index (χ3n) is 4.20. The molecule has 31 heavy (non-hydrogen) atoms. The molecule has 0 aliphatic heterocycles. The Kier molecular flexibility index (Phi) is 7.37. The molecule has 3 rings (SSSR count). The lowest BCUT2D eigenvalue weighted by Crippen LogP contribution is -2.17. The van der Waals surface area contributed by atoms with Crippen LogP contribution in [0, 0.1) is 0 Å². The van der Waals surface area contributed by atoms with Crippen molar-refractivity contribution in [2.75, 3.05) is 13.7 Å². The van der Waals surface area contributed by atoms with E-state index in [1.165, 1.54) is 13.3 Å². The summed E-state index contributed by atoms with van der Waals surface area (Å²) >= 11 is 0. The smallest absolute Gasteiger partial charge is 0.343 e. The number of nitrogens with zero attached hydrogens (tertiary/aromatic N) is 1. The van der Waals surface area contributed by atoms with E-state index in [1.807, 2.05) is 6.92 Å². The van der Waals surface area contributed by atoms with Crippen LogP contribution in [0.5, 0.6) is 17.2 Å². The summed E-state index contributed by atoms with van der Waals surface area (Å²) in [6.07, 6.45) is 1.50. The minimum atomic E-state index is -0.463. The highest BCUT2D eigenvalue weighted by atomic mass is 16.5. The number of carbonyl (C=O) groups is 2. The Bertz CT molecular complexity index is 1060. The van der Waals surface area contributed by atoms with Crippen molar-refractivity contribution in [1.29, 1.82) is 0 Å². The molecule has 0 aromatic heterocycles. The van der Waals surface area contributed by atoms with Gasteiger partial charge in [0.25, 0.3) is 5.91 Å². The molecule has 7 nitrogen and oxygen atoms in total. The van der Waals surface area contributed by atoms with Crippen LogP contribution in [0.25, 0.3) is 0 Å². The van der Waals surface area contributed by atoms with Gasteiger partial charge in [-0.3, -0.25) is 4.79 Å². The molecule has 0 saturated carbocycles.